The predicted octanol–water partition coefficient (Wildman–Crippen LogP) is 4.87. The van der Waals surface area contributed by atoms with Crippen molar-refractivity contribution in [3.05, 3.63) is 53.6 Å². The topological polar surface area (TPSA) is 21.6 Å². The Balaban J connectivity index is 2.35. The van der Waals surface area contributed by atoms with Gasteiger partial charge in [-0.05, 0) is 42.5 Å². The van der Waals surface area contributed by atoms with E-state index in [9.17, 15) is 0 Å². The Labute approximate surface area is 110 Å². The second-order valence-electron chi connectivity index (χ2n) is 3.23. The maximum Gasteiger partial charge on any atom is 0.153 e. The number of thiocarbonyl (C=S) groups is 1. The molecule has 84 valence electrons. The third-order valence-electron chi connectivity index (χ3n) is 2.06. The van der Waals surface area contributed by atoms with E-state index in [0.717, 1.165) is 5.75 Å². The van der Waals surface area contributed by atoms with E-state index in [4.69, 9.17) is 16.3 Å². The van der Waals surface area contributed by atoms with E-state index in [0.29, 0.717) is 16.5 Å². The van der Waals surface area contributed by atoms with Gasteiger partial charge >= 0.3 is 0 Å². The van der Waals surface area contributed by atoms with Crippen LogP contribution in [0.25, 0.3) is 0 Å². The summed E-state index contributed by atoms with van der Waals surface area (Å²) in [6.45, 7) is 0. The van der Waals surface area contributed by atoms with E-state index < -0.39 is 0 Å². The first-order valence-electron chi connectivity index (χ1n) is 4.90. The van der Waals surface area contributed by atoms with Crippen molar-refractivity contribution in [2.75, 3.05) is 0 Å². The number of rotatable bonds is 3. The molecule has 0 aliphatic heterocycles. The third-order valence-corrected chi connectivity index (χ3v) is 2.38. The molecule has 0 radical (unpaired) electrons. The van der Waals surface area contributed by atoms with Gasteiger partial charge in [0.1, 0.15) is 11.4 Å². The number of aliphatic imine (C=N–C) groups is 1. The maximum absolute atomic E-state index is 5.88. The molecule has 2 aromatic rings. The largest absolute Gasteiger partial charge is 0.455 e. The van der Waals surface area contributed by atoms with Gasteiger partial charge in [-0.2, -0.15) is 4.99 Å². The fourth-order valence-corrected chi connectivity index (χ4v) is 1.59. The predicted molar refractivity (Wildman–Crippen MR) is 72.7 cm³/mol. The van der Waals surface area contributed by atoms with Gasteiger partial charge in [-0.25, -0.2) is 0 Å². The second-order valence-corrected chi connectivity index (χ2v) is 3.85. The summed E-state index contributed by atoms with van der Waals surface area (Å²) in [7, 11) is 0. The van der Waals surface area contributed by atoms with Crippen molar-refractivity contribution >= 4 is 34.7 Å². The SMILES string of the molecule is S=C=Nc1cc(Cl)ccc1Oc1ccccc1. The average Bonchev–Trinajstić information content (AvgIpc) is 2.34. The molecule has 0 unspecified atom stereocenters. The van der Waals surface area contributed by atoms with Crippen LogP contribution in [0.3, 0.4) is 0 Å². The van der Waals surface area contributed by atoms with E-state index in [-0.39, 0.29) is 0 Å². The zero-order valence-corrected chi connectivity index (χ0v) is 10.3. The highest BCUT2D eigenvalue weighted by Crippen LogP contribution is 2.33. The van der Waals surface area contributed by atoms with Crippen LogP contribution < -0.4 is 4.74 Å². The lowest BCUT2D eigenvalue weighted by atomic mass is 10.3. The van der Waals surface area contributed by atoms with E-state index in [1.54, 1.807) is 18.2 Å². The van der Waals surface area contributed by atoms with Crippen molar-refractivity contribution in [1.82, 2.24) is 0 Å². The molecule has 0 bridgehead atoms. The molecule has 17 heavy (non-hydrogen) atoms. The van der Waals surface area contributed by atoms with E-state index >= 15 is 0 Å². The van der Waals surface area contributed by atoms with Crippen LogP contribution >= 0.6 is 23.8 Å². The monoisotopic (exact) mass is 261 g/mol. The van der Waals surface area contributed by atoms with Crippen LogP contribution in [0, 0.1) is 0 Å². The Morgan fingerprint density at radius 3 is 2.59 bits per heavy atom. The Morgan fingerprint density at radius 1 is 1.12 bits per heavy atom. The number of benzene rings is 2. The van der Waals surface area contributed by atoms with Crippen LogP contribution in [0.1, 0.15) is 0 Å². The van der Waals surface area contributed by atoms with Gasteiger partial charge in [-0.15, -0.1) is 0 Å². The van der Waals surface area contributed by atoms with Crippen molar-refractivity contribution < 1.29 is 4.74 Å². The molecule has 0 aliphatic carbocycles. The number of nitrogens with zero attached hydrogens (tertiary/aromatic N) is 1. The molecule has 0 saturated heterocycles. The summed E-state index contributed by atoms with van der Waals surface area (Å²) < 4.78 is 5.68. The summed E-state index contributed by atoms with van der Waals surface area (Å²) in [5, 5.41) is 2.89. The lowest BCUT2D eigenvalue weighted by Gasteiger charge is -2.07. The molecule has 2 nitrogen and oxygen atoms in total. The Morgan fingerprint density at radius 2 is 1.88 bits per heavy atom. The van der Waals surface area contributed by atoms with Gasteiger partial charge in [0.05, 0.1) is 5.16 Å². The lowest BCUT2D eigenvalue weighted by Crippen LogP contribution is -1.84. The minimum atomic E-state index is 0.566. The molecule has 2 aromatic carbocycles. The maximum atomic E-state index is 5.88. The van der Waals surface area contributed by atoms with Gasteiger partial charge in [0, 0.05) is 5.02 Å². The van der Waals surface area contributed by atoms with E-state index in [1.807, 2.05) is 30.3 Å². The first-order valence-corrected chi connectivity index (χ1v) is 5.68. The summed E-state index contributed by atoms with van der Waals surface area (Å²) in [5.74, 6) is 1.33. The lowest BCUT2D eigenvalue weighted by molar-refractivity contribution is 0.484. The van der Waals surface area contributed by atoms with Crippen molar-refractivity contribution in [3.8, 4) is 11.5 Å². The Kier molecular flexibility index (Phi) is 3.89. The summed E-state index contributed by atoms with van der Waals surface area (Å²) in [4.78, 5) is 3.92. The normalized spacial score (nSPS) is 9.47. The molecule has 0 spiro atoms. The van der Waals surface area contributed by atoms with Gasteiger partial charge in [0.2, 0.25) is 0 Å². The van der Waals surface area contributed by atoms with Gasteiger partial charge < -0.3 is 4.74 Å². The zero-order valence-electron chi connectivity index (χ0n) is 8.76. The third kappa shape index (κ3) is 3.14. The fourth-order valence-electron chi connectivity index (χ4n) is 1.33. The number of para-hydroxylation sites is 1. The highest BCUT2D eigenvalue weighted by atomic mass is 35.5. The van der Waals surface area contributed by atoms with E-state index in [1.165, 1.54) is 0 Å². The van der Waals surface area contributed by atoms with Gasteiger partial charge in [-0.3, -0.25) is 0 Å². The quantitative estimate of drug-likeness (QED) is 0.581. The molecule has 0 fully saturated rings. The van der Waals surface area contributed by atoms with Crippen LogP contribution in [0.4, 0.5) is 5.69 Å². The van der Waals surface area contributed by atoms with Crippen molar-refractivity contribution in [3.63, 3.8) is 0 Å². The highest BCUT2D eigenvalue weighted by Gasteiger charge is 2.04. The van der Waals surface area contributed by atoms with Crippen LogP contribution in [0.15, 0.2) is 53.5 Å². The Bertz CT molecular complexity index is 565. The van der Waals surface area contributed by atoms with E-state index in [2.05, 4.69) is 22.4 Å². The minimum Gasteiger partial charge on any atom is -0.455 e. The van der Waals surface area contributed by atoms with Crippen LogP contribution in [-0.2, 0) is 0 Å². The highest BCUT2D eigenvalue weighted by molar-refractivity contribution is 7.78. The van der Waals surface area contributed by atoms with Crippen molar-refractivity contribution in [1.29, 1.82) is 0 Å². The molecule has 4 heteroatoms. The number of ether oxygens (including phenoxy) is 1. The molecule has 0 aromatic heterocycles. The van der Waals surface area contributed by atoms with Crippen LogP contribution in [-0.4, -0.2) is 5.16 Å². The summed E-state index contributed by atoms with van der Waals surface area (Å²) >= 11 is 10.5. The Hall–Kier alpha value is -1.67. The molecule has 0 heterocycles. The van der Waals surface area contributed by atoms with Crippen LogP contribution in [0.2, 0.25) is 5.02 Å². The fraction of sp³-hybridized carbons (Fsp3) is 0. The first kappa shape index (κ1) is 11.8. The summed E-state index contributed by atoms with van der Waals surface area (Å²) in [6, 6.07) is 14.6. The molecular formula is C13H8ClNOS. The summed E-state index contributed by atoms with van der Waals surface area (Å²) in [6.07, 6.45) is 0. The van der Waals surface area contributed by atoms with Gasteiger partial charge in [-0.1, -0.05) is 29.8 Å². The molecular weight excluding hydrogens is 254 g/mol. The second kappa shape index (κ2) is 5.60. The van der Waals surface area contributed by atoms with Crippen LogP contribution in [0.5, 0.6) is 11.5 Å². The molecule has 0 saturated carbocycles. The summed E-state index contributed by atoms with van der Waals surface area (Å²) in [5.41, 5.74) is 0.566. The number of isothiocyanates is 1. The molecule has 0 amide bonds. The number of hydrogen-bond acceptors (Lipinski definition) is 3. The first-order chi connectivity index (χ1) is 8.29. The van der Waals surface area contributed by atoms with Crippen molar-refractivity contribution in [2.45, 2.75) is 0 Å². The average molecular weight is 262 g/mol. The minimum absolute atomic E-state index is 0.566. The molecule has 0 atom stereocenters. The number of hydrogen-bond donors (Lipinski definition) is 0. The smallest absolute Gasteiger partial charge is 0.153 e. The van der Waals surface area contributed by atoms with Crippen molar-refractivity contribution in [2.24, 2.45) is 4.99 Å². The standard InChI is InChI=1S/C13H8ClNOS/c14-10-6-7-13(12(8-10)15-9-17)16-11-4-2-1-3-5-11/h1-8H. The van der Waals surface area contributed by atoms with Gasteiger partial charge in [0.25, 0.3) is 0 Å². The van der Waals surface area contributed by atoms with Gasteiger partial charge in [0.15, 0.2) is 5.75 Å². The zero-order chi connectivity index (χ0) is 12.1. The number of halogens is 1. The molecule has 0 N–H and O–H groups in total. The molecule has 2 rings (SSSR count). The molecule has 0 aliphatic rings.